The molecule has 1 atom stereocenters. The van der Waals surface area contributed by atoms with Crippen molar-refractivity contribution in [3.8, 4) is 12.3 Å². The largest absolute Gasteiger partial charge is 0.348 e. The number of hydrogen-bond acceptors (Lipinski definition) is 3. The van der Waals surface area contributed by atoms with E-state index < -0.39 is 0 Å². The lowest BCUT2D eigenvalue weighted by molar-refractivity contribution is -0.120. The Kier molecular flexibility index (Phi) is 5.03. The van der Waals surface area contributed by atoms with Crippen molar-refractivity contribution in [2.24, 2.45) is 0 Å². The molecule has 4 nitrogen and oxygen atoms in total. The molecule has 0 radical (unpaired) electrons. The van der Waals surface area contributed by atoms with Crippen LogP contribution in [0.2, 0.25) is 0 Å². The number of carbonyl (C=O) groups is 1. The molecule has 1 aromatic rings. The second-order valence-electron chi connectivity index (χ2n) is 3.38. The van der Waals surface area contributed by atoms with E-state index in [9.17, 15) is 4.79 Å². The van der Waals surface area contributed by atoms with Crippen LogP contribution in [0, 0.1) is 12.3 Å². The third kappa shape index (κ3) is 4.11. The molecule has 4 heteroatoms. The van der Waals surface area contributed by atoms with Crippen LogP contribution in [0.4, 0.5) is 0 Å². The van der Waals surface area contributed by atoms with E-state index in [4.69, 9.17) is 6.42 Å². The lowest BCUT2D eigenvalue weighted by Crippen LogP contribution is -2.35. The summed E-state index contributed by atoms with van der Waals surface area (Å²) in [6.07, 6.45) is 8.46. The Balaban J connectivity index is 2.37. The minimum Gasteiger partial charge on any atom is -0.348 e. The van der Waals surface area contributed by atoms with Crippen LogP contribution in [-0.2, 0) is 4.79 Å². The Morgan fingerprint density at radius 1 is 1.56 bits per heavy atom. The van der Waals surface area contributed by atoms with Crippen LogP contribution in [0.15, 0.2) is 24.5 Å². The fourth-order valence-electron chi connectivity index (χ4n) is 1.28. The molecular formula is C12H15N3O. The maximum absolute atomic E-state index is 11.4. The SMILES string of the molecule is C#CCNCC(=O)N[C@H](C)c1ccncc1. The van der Waals surface area contributed by atoms with Crippen molar-refractivity contribution >= 4 is 5.91 Å². The van der Waals surface area contributed by atoms with Crippen molar-refractivity contribution in [3.63, 3.8) is 0 Å². The fraction of sp³-hybridized carbons (Fsp3) is 0.333. The van der Waals surface area contributed by atoms with Crippen molar-refractivity contribution in [2.45, 2.75) is 13.0 Å². The van der Waals surface area contributed by atoms with Gasteiger partial charge >= 0.3 is 0 Å². The van der Waals surface area contributed by atoms with Crippen LogP contribution < -0.4 is 10.6 Å². The maximum Gasteiger partial charge on any atom is 0.234 e. The first-order valence-corrected chi connectivity index (χ1v) is 5.07. The standard InChI is InChI=1S/C12H15N3O/c1-3-6-14-9-12(16)15-10(2)11-4-7-13-8-5-11/h1,4-5,7-8,10,14H,6,9H2,2H3,(H,15,16)/t10-/m1/s1. The molecule has 0 bridgehead atoms. The van der Waals surface area contributed by atoms with Gasteiger partial charge in [-0.3, -0.25) is 15.1 Å². The molecule has 0 unspecified atom stereocenters. The van der Waals surface area contributed by atoms with Gasteiger partial charge in [0.1, 0.15) is 0 Å². The highest BCUT2D eigenvalue weighted by Gasteiger charge is 2.08. The number of terminal acetylenes is 1. The summed E-state index contributed by atoms with van der Waals surface area (Å²) in [7, 11) is 0. The number of nitrogens with one attached hydrogen (secondary N) is 2. The predicted molar refractivity (Wildman–Crippen MR) is 62.5 cm³/mol. The number of hydrogen-bond donors (Lipinski definition) is 2. The van der Waals surface area contributed by atoms with Gasteiger partial charge in [0.25, 0.3) is 0 Å². The number of carbonyl (C=O) groups excluding carboxylic acids is 1. The summed E-state index contributed by atoms with van der Waals surface area (Å²) >= 11 is 0. The molecule has 0 aliphatic rings. The summed E-state index contributed by atoms with van der Waals surface area (Å²) in [5.74, 6) is 2.34. The first kappa shape index (κ1) is 12.2. The summed E-state index contributed by atoms with van der Waals surface area (Å²) < 4.78 is 0. The van der Waals surface area contributed by atoms with Gasteiger partial charge in [-0.25, -0.2) is 0 Å². The highest BCUT2D eigenvalue weighted by molar-refractivity contribution is 5.78. The van der Waals surface area contributed by atoms with E-state index in [1.165, 1.54) is 0 Å². The Labute approximate surface area is 95.5 Å². The minimum absolute atomic E-state index is 0.0249. The molecule has 1 amide bonds. The number of nitrogens with zero attached hydrogens (tertiary/aromatic N) is 1. The summed E-state index contributed by atoms with van der Waals surface area (Å²) in [5, 5.41) is 5.69. The van der Waals surface area contributed by atoms with Crippen LogP contribution in [0.25, 0.3) is 0 Å². The van der Waals surface area contributed by atoms with Gasteiger partial charge in [0, 0.05) is 12.4 Å². The van der Waals surface area contributed by atoms with Gasteiger partial charge in [-0.2, -0.15) is 0 Å². The molecule has 0 aromatic carbocycles. The third-order valence-corrected chi connectivity index (χ3v) is 2.10. The summed E-state index contributed by atoms with van der Waals surface area (Å²) in [4.78, 5) is 15.4. The van der Waals surface area contributed by atoms with E-state index in [1.54, 1.807) is 12.4 Å². The first-order chi connectivity index (χ1) is 7.74. The van der Waals surface area contributed by atoms with Gasteiger partial charge in [0.05, 0.1) is 19.1 Å². The van der Waals surface area contributed by atoms with Gasteiger partial charge in [0.15, 0.2) is 0 Å². The van der Waals surface area contributed by atoms with Gasteiger partial charge < -0.3 is 5.32 Å². The van der Waals surface area contributed by atoms with E-state index >= 15 is 0 Å². The summed E-state index contributed by atoms with van der Waals surface area (Å²) in [5.41, 5.74) is 1.03. The van der Waals surface area contributed by atoms with Gasteiger partial charge in [-0.1, -0.05) is 5.92 Å². The van der Waals surface area contributed by atoms with E-state index in [1.807, 2.05) is 19.1 Å². The molecule has 2 N–H and O–H groups in total. The normalized spacial score (nSPS) is 11.5. The van der Waals surface area contributed by atoms with Crippen LogP contribution in [0.5, 0.6) is 0 Å². The number of rotatable bonds is 5. The predicted octanol–water partition coefficient (Wildman–Crippen LogP) is 0.482. The molecule has 1 rings (SSSR count). The summed E-state index contributed by atoms with van der Waals surface area (Å²) in [6, 6.07) is 3.72. The zero-order chi connectivity index (χ0) is 11.8. The number of aromatic nitrogens is 1. The maximum atomic E-state index is 11.4. The van der Waals surface area contributed by atoms with E-state index in [0.717, 1.165) is 5.56 Å². The molecule has 0 fully saturated rings. The second kappa shape index (κ2) is 6.59. The topological polar surface area (TPSA) is 54.0 Å². The average Bonchev–Trinajstić information content (AvgIpc) is 2.30. The first-order valence-electron chi connectivity index (χ1n) is 5.07. The molecule has 84 valence electrons. The lowest BCUT2D eigenvalue weighted by Gasteiger charge is -2.13. The Bertz CT molecular complexity index is 370. The van der Waals surface area contributed by atoms with E-state index in [2.05, 4.69) is 21.5 Å². The quantitative estimate of drug-likeness (QED) is 0.557. The average molecular weight is 217 g/mol. The van der Waals surface area contributed by atoms with Crippen molar-refractivity contribution in [2.75, 3.05) is 13.1 Å². The zero-order valence-electron chi connectivity index (χ0n) is 9.23. The Hall–Kier alpha value is -1.86. The molecule has 0 aliphatic carbocycles. The molecule has 16 heavy (non-hydrogen) atoms. The van der Waals surface area contributed by atoms with Gasteiger partial charge in [-0.05, 0) is 24.6 Å². The van der Waals surface area contributed by atoms with Gasteiger partial charge in [0.2, 0.25) is 5.91 Å². The zero-order valence-corrected chi connectivity index (χ0v) is 9.23. The van der Waals surface area contributed by atoms with Crippen molar-refractivity contribution in [1.29, 1.82) is 0 Å². The monoisotopic (exact) mass is 217 g/mol. The van der Waals surface area contributed by atoms with Crippen LogP contribution >= 0.6 is 0 Å². The number of pyridine rings is 1. The molecule has 0 saturated carbocycles. The third-order valence-electron chi connectivity index (χ3n) is 2.10. The second-order valence-corrected chi connectivity index (χ2v) is 3.38. The van der Waals surface area contributed by atoms with E-state index in [-0.39, 0.29) is 18.5 Å². The van der Waals surface area contributed by atoms with Crippen molar-refractivity contribution in [1.82, 2.24) is 15.6 Å². The van der Waals surface area contributed by atoms with Crippen molar-refractivity contribution < 1.29 is 4.79 Å². The van der Waals surface area contributed by atoms with Crippen molar-refractivity contribution in [3.05, 3.63) is 30.1 Å². The molecule has 1 aromatic heterocycles. The Morgan fingerprint density at radius 2 is 2.25 bits per heavy atom. The summed E-state index contributed by atoms with van der Waals surface area (Å²) in [6.45, 7) is 2.56. The number of amides is 1. The minimum atomic E-state index is -0.0698. The lowest BCUT2D eigenvalue weighted by atomic mass is 10.1. The molecule has 0 saturated heterocycles. The smallest absolute Gasteiger partial charge is 0.234 e. The fourth-order valence-corrected chi connectivity index (χ4v) is 1.28. The molecule has 1 heterocycles. The van der Waals surface area contributed by atoms with Crippen LogP contribution in [-0.4, -0.2) is 24.0 Å². The van der Waals surface area contributed by atoms with Crippen LogP contribution in [0.1, 0.15) is 18.5 Å². The van der Waals surface area contributed by atoms with E-state index in [0.29, 0.717) is 6.54 Å². The molecule has 0 aliphatic heterocycles. The highest BCUT2D eigenvalue weighted by Crippen LogP contribution is 2.09. The van der Waals surface area contributed by atoms with Crippen LogP contribution in [0.3, 0.4) is 0 Å². The van der Waals surface area contributed by atoms with Gasteiger partial charge in [-0.15, -0.1) is 6.42 Å². The molecule has 0 spiro atoms. The highest BCUT2D eigenvalue weighted by atomic mass is 16.1. The molecular weight excluding hydrogens is 202 g/mol. The Morgan fingerprint density at radius 3 is 2.88 bits per heavy atom.